The third-order valence-corrected chi connectivity index (χ3v) is 4.04. The molecule has 1 N–H and O–H groups in total. The molecule has 1 atom stereocenters. The summed E-state index contributed by atoms with van der Waals surface area (Å²) in [5.74, 6) is 0. The predicted molar refractivity (Wildman–Crippen MR) is 83.0 cm³/mol. The molecule has 0 saturated carbocycles. The van der Waals surface area contributed by atoms with Crippen LogP contribution in [0.25, 0.3) is 0 Å². The fraction of sp³-hybridized carbons (Fsp3) is 0.938. The van der Waals surface area contributed by atoms with E-state index in [1.807, 2.05) is 11.8 Å². The first kappa shape index (κ1) is 17.3. The quantitative estimate of drug-likeness (QED) is 0.741. The van der Waals surface area contributed by atoms with Gasteiger partial charge in [-0.25, -0.2) is 4.79 Å². The van der Waals surface area contributed by atoms with Crippen LogP contribution in [0.1, 0.15) is 65.7 Å². The molecule has 20 heavy (non-hydrogen) atoms. The number of amides is 1. The largest absolute Gasteiger partial charge is 0.450 e. The van der Waals surface area contributed by atoms with E-state index in [-0.39, 0.29) is 6.09 Å². The number of nitrogens with one attached hydrogen (secondary N) is 1. The molecule has 1 fully saturated rings. The summed E-state index contributed by atoms with van der Waals surface area (Å²) in [5.41, 5.74) is 0. The summed E-state index contributed by atoms with van der Waals surface area (Å²) in [5, 5.41) is 3.80. The average Bonchev–Trinajstić information content (AvgIpc) is 2.46. The molecule has 0 aromatic rings. The Kier molecular flexibility index (Phi) is 8.67. The van der Waals surface area contributed by atoms with Crippen molar-refractivity contribution in [3.05, 3.63) is 0 Å². The number of hydrogen-bond donors (Lipinski definition) is 1. The lowest BCUT2D eigenvalue weighted by molar-refractivity contribution is 0.0939. The van der Waals surface area contributed by atoms with Gasteiger partial charge < -0.3 is 15.0 Å². The Bertz CT molecular complexity index is 263. The van der Waals surface area contributed by atoms with Crippen LogP contribution in [0.5, 0.6) is 0 Å². The average molecular weight is 284 g/mol. The molecule has 0 spiro atoms. The van der Waals surface area contributed by atoms with Gasteiger partial charge in [0.25, 0.3) is 0 Å². The Hall–Kier alpha value is -0.770. The highest BCUT2D eigenvalue weighted by atomic mass is 16.6. The topological polar surface area (TPSA) is 41.6 Å². The SMILES string of the molecule is CCCCC(CCC)NC1CCN(C(=O)OCC)CC1. The van der Waals surface area contributed by atoms with Crippen molar-refractivity contribution in [1.82, 2.24) is 10.2 Å². The van der Waals surface area contributed by atoms with Crippen LogP contribution >= 0.6 is 0 Å². The van der Waals surface area contributed by atoms with Crippen LogP contribution in [0.4, 0.5) is 4.79 Å². The second kappa shape index (κ2) is 10.0. The molecular formula is C16H32N2O2. The van der Waals surface area contributed by atoms with Crippen molar-refractivity contribution in [1.29, 1.82) is 0 Å². The van der Waals surface area contributed by atoms with Gasteiger partial charge in [0.05, 0.1) is 6.61 Å². The summed E-state index contributed by atoms with van der Waals surface area (Å²) >= 11 is 0. The normalized spacial score (nSPS) is 18.1. The molecule has 1 aliphatic heterocycles. The Morgan fingerprint density at radius 3 is 2.45 bits per heavy atom. The number of hydrogen-bond acceptors (Lipinski definition) is 3. The monoisotopic (exact) mass is 284 g/mol. The Morgan fingerprint density at radius 2 is 1.90 bits per heavy atom. The number of rotatable bonds is 8. The number of carbonyl (C=O) groups excluding carboxylic acids is 1. The van der Waals surface area contributed by atoms with E-state index in [0.717, 1.165) is 25.9 Å². The number of nitrogens with zero attached hydrogens (tertiary/aromatic N) is 1. The minimum absolute atomic E-state index is 0.151. The molecule has 0 aromatic heterocycles. The van der Waals surface area contributed by atoms with Gasteiger partial charge in [-0.05, 0) is 32.6 Å². The minimum Gasteiger partial charge on any atom is -0.450 e. The smallest absolute Gasteiger partial charge is 0.409 e. The van der Waals surface area contributed by atoms with E-state index in [1.165, 1.54) is 32.1 Å². The van der Waals surface area contributed by atoms with Crippen LogP contribution in [0.3, 0.4) is 0 Å². The summed E-state index contributed by atoms with van der Waals surface area (Å²) < 4.78 is 5.06. The van der Waals surface area contributed by atoms with Crippen LogP contribution in [-0.4, -0.2) is 42.8 Å². The molecule has 4 nitrogen and oxygen atoms in total. The summed E-state index contributed by atoms with van der Waals surface area (Å²) in [4.78, 5) is 13.5. The maximum Gasteiger partial charge on any atom is 0.409 e. The standard InChI is InChI=1S/C16H32N2O2/c1-4-7-9-14(8-5-2)17-15-10-12-18(13-11-15)16(19)20-6-3/h14-15,17H,4-13H2,1-3H3. The zero-order chi connectivity index (χ0) is 14.8. The summed E-state index contributed by atoms with van der Waals surface area (Å²) in [6.07, 6.45) is 8.30. The molecule has 0 aliphatic carbocycles. The van der Waals surface area contributed by atoms with Crippen molar-refractivity contribution in [2.24, 2.45) is 0 Å². The summed E-state index contributed by atoms with van der Waals surface area (Å²) in [6, 6.07) is 1.22. The van der Waals surface area contributed by atoms with Crippen molar-refractivity contribution < 1.29 is 9.53 Å². The van der Waals surface area contributed by atoms with Crippen LogP contribution in [0.15, 0.2) is 0 Å². The molecule has 1 rings (SSSR count). The van der Waals surface area contributed by atoms with E-state index in [2.05, 4.69) is 19.2 Å². The predicted octanol–water partition coefficient (Wildman–Crippen LogP) is 3.56. The highest BCUT2D eigenvalue weighted by molar-refractivity contribution is 5.67. The molecule has 1 saturated heterocycles. The van der Waals surface area contributed by atoms with Crippen molar-refractivity contribution in [3.8, 4) is 0 Å². The van der Waals surface area contributed by atoms with Gasteiger partial charge in [0.15, 0.2) is 0 Å². The van der Waals surface area contributed by atoms with E-state index in [4.69, 9.17) is 4.74 Å². The molecular weight excluding hydrogens is 252 g/mol. The van der Waals surface area contributed by atoms with E-state index >= 15 is 0 Å². The van der Waals surface area contributed by atoms with Gasteiger partial charge in [0.1, 0.15) is 0 Å². The van der Waals surface area contributed by atoms with E-state index in [9.17, 15) is 4.79 Å². The maximum atomic E-state index is 11.7. The number of piperidine rings is 1. The maximum absolute atomic E-state index is 11.7. The number of unbranched alkanes of at least 4 members (excludes halogenated alkanes) is 1. The number of carbonyl (C=O) groups is 1. The first-order valence-electron chi connectivity index (χ1n) is 8.38. The molecule has 1 heterocycles. The van der Waals surface area contributed by atoms with E-state index in [1.54, 1.807) is 0 Å². The molecule has 118 valence electrons. The number of ether oxygens (including phenoxy) is 1. The van der Waals surface area contributed by atoms with Gasteiger partial charge in [-0.15, -0.1) is 0 Å². The number of likely N-dealkylation sites (tertiary alicyclic amines) is 1. The third-order valence-electron chi connectivity index (χ3n) is 4.04. The molecule has 1 aliphatic rings. The zero-order valence-electron chi connectivity index (χ0n) is 13.5. The van der Waals surface area contributed by atoms with Crippen LogP contribution in [-0.2, 0) is 4.74 Å². The van der Waals surface area contributed by atoms with Gasteiger partial charge >= 0.3 is 6.09 Å². The molecule has 1 amide bonds. The van der Waals surface area contributed by atoms with Gasteiger partial charge in [-0.3, -0.25) is 0 Å². The third kappa shape index (κ3) is 6.12. The molecule has 4 heteroatoms. The van der Waals surface area contributed by atoms with Crippen molar-refractivity contribution >= 4 is 6.09 Å². The van der Waals surface area contributed by atoms with Crippen molar-refractivity contribution in [2.45, 2.75) is 77.8 Å². The fourth-order valence-corrected chi connectivity index (χ4v) is 2.89. The van der Waals surface area contributed by atoms with Crippen LogP contribution in [0.2, 0.25) is 0 Å². The van der Waals surface area contributed by atoms with Crippen molar-refractivity contribution in [3.63, 3.8) is 0 Å². The van der Waals surface area contributed by atoms with E-state index in [0.29, 0.717) is 18.7 Å². The highest BCUT2D eigenvalue weighted by Crippen LogP contribution is 2.15. The summed E-state index contributed by atoms with van der Waals surface area (Å²) in [6.45, 7) is 8.47. The van der Waals surface area contributed by atoms with Gasteiger partial charge in [-0.1, -0.05) is 33.1 Å². The Balaban J connectivity index is 2.30. The lowest BCUT2D eigenvalue weighted by Gasteiger charge is -2.34. The lowest BCUT2D eigenvalue weighted by atomic mass is 10.00. The highest BCUT2D eigenvalue weighted by Gasteiger charge is 2.24. The Labute approximate surface area is 124 Å². The summed E-state index contributed by atoms with van der Waals surface area (Å²) in [7, 11) is 0. The minimum atomic E-state index is -0.151. The lowest BCUT2D eigenvalue weighted by Crippen LogP contribution is -2.47. The van der Waals surface area contributed by atoms with Gasteiger partial charge in [0.2, 0.25) is 0 Å². The zero-order valence-corrected chi connectivity index (χ0v) is 13.5. The van der Waals surface area contributed by atoms with Crippen molar-refractivity contribution in [2.75, 3.05) is 19.7 Å². The van der Waals surface area contributed by atoms with E-state index < -0.39 is 0 Å². The van der Waals surface area contributed by atoms with Gasteiger partial charge in [0, 0.05) is 25.2 Å². The van der Waals surface area contributed by atoms with Crippen LogP contribution in [0, 0.1) is 0 Å². The fourth-order valence-electron chi connectivity index (χ4n) is 2.89. The second-order valence-corrected chi connectivity index (χ2v) is 5.75. The first-order chi connectivity index (χ1) is 9.71. The molecule has 0 aromatic carbocycles. The molecule has 1 unspecified atom stereocenters. The molecule has 0 bridgehead atoms. The molecule has 0 radical (unpaired) electrons. The second-order valence-electron chi connectivity index (χ2n) is 5.75. The Morgan fingerprint density at radius 1 is 1.20 bits per heavy atom. The first-order valence-corrected chi connectivity index (χ1v) is 8.38. The van der Waals surface area contributed by atoms with Gasteiger partial charge in [-0.2, -0.15) is 0 Å². The van der Waals surface area contributed by atoms with Crippen LogP contribution < -0.4 is 5.32 Å².